The van der Waals surface area contributed by atoms with E-state index in [4.69, 9.17) is 16.9 Å². The molecule has 0 radical (unpaired) electrons. The fourth-order valence-electron chi connectivity index (χ4n) is 0.894. The molecule has 2 nitrogen and oxygen atoms in total. The molecule has 1 aromatic heterocycles. The zero-order valence-electron chi connectivity index (χ0n) is 6.91. The van der Waals surface area contributed by atoms with Crippen LogP contribution in [-0.4, -0.2) is 4.98 Å². The van der Waals surface area contributed by atoms with Crippen molar-refractivity contribution in [2.24, 2.45) is 0 Å². The van der Waals surface area contributed by atoms with Gasteiger partial charge in [0.2, 0.25) is 0 Å². The van der Waals surface area contributed by atoms with Gasteiger partial charge >= 0.3 is 29.6 Å². The predicted molar refractivity (Wildman–Crippen MR) is 52.9 cm³/mol. The van der Waals surface area contributed by atoms with Crippen molar-refractivity contribution in [2.75, 3.05) is 0 Å². The van der Waals surface area contributed by atoms with Crippen LogP contribution in [0, 0.1) is 3.95 Å². The summed E-state index contributed by atoms with van der Waals surface area (Å²) in [6, 6.07) is 8.11. The average molecular weight is 242 g/mol. The number of aromatic nitrogens is 1. The molecule has 0 amide bonds. The van der Waals surface area contributed by atoms with E-state index in [9.17, 15) is 0 Å². The van der Waals surface area contributed by atoms with E-state index in [1.165, 1.54) is 4.70 Å². The predicted octanol–water partition coefficient (Wildman–Crippen LogP) is -0.537. The molecule has 0 fully saturated rings. The smallest absolute Gasteiger partial charge is 0.769 e. The Labute approximate surface area is 112 Å². The number of hydrogen-bond acceptors (Lipinski definition) is 3. The van der Waals surface area contributed by atoms with Crippen LogP contribution < -0.4 is 34.2 Å². The summed E-state index contributed by atoms with van der Waals surface area (Å²) in [5.74, 6) is 0. The number of nitrogens with one attached hydrogen (secondary N) is 1. The van der Waals surface area contributed by atoms with Crippen LogP contribution in [0.4, 0.5) is 0 Å². The summed E-state index contributed by atoms with van der Waals surface area (Å²) in [6.07, 6.45) is 0. The van der Waals surface area contributed by atoms with Gasteiger partial charge in [-0.05, 0) is 24.4 Å². The third-order valence-electron chi connectivity index (χ3n) is 1.33. The largest absolute Gasteiger partial charge is 1.00 e. The Morgan fingerprint density at radius 1 is 1.31 bits per heavy atom. The summed E-state index contributed by atoms with van der Waals surface area (Å²) in [5.41, 5.74) is 1.14. The molecule has 6 heteroatoms. The maximum Gasteiger partial charge on any atom is 1.00 e. The fraction of sp³-hybridized carbons (Fsp3) is 0. The molecule has 0 spiro atoms. The van der Waals surface area contributed by atoms with Gasteiger partial charge in [-0.25, -0.2) is 11.9 Å². The van der Waals surface area contributed by atoms with Gasteiger partial charge in [0.05, 0.1) is 10.2 Å². The van der Waals surface area contributed by atoms with E-state index in [1.807, 2.05) is 18.2 Å². The fourth-order valence-corrected chi connectivity index (χ4v) is 2.01. The van der Waals surface area contributed by atoms with Gasteiger partial charge in [-0.15, -0.1) is 11.3 Å². The van der Waals surface area contributed by atoms with Crippen LogP contribution in [0.2, 0.25) is 0 Å². The Morgan fingerprint density at radius 3 is 2.54 bits per heavy atom. The van der Waals surface area contributed by atoms with Crippen molar-refractivity contribution < 1.29 is 34.2 Å². The first-order valence-electron chi connectivity index (χ1n) is 3.09. The van der Waals surface area contributed by atoms with Crippen LogP contribution in [0.15, 0.2) is 24.3 Å². The summed E-state index contributed by atoms with van der Waals surface area (Å²) >= 11 is 9.98. The minimum atomic E-state index is 0. The summed E-state index contributed by atoms with van der Waals surface area (Å²) in [6.45, 7) is 0. The molecule has 0 saturated carbocycles. The number of thiazole rings is 1. The standard InChI is InChI=1S/C7H5NS2.ClO.Na/c9-7-8-5-3-1-2-4-6(5)10-7;1-2;/h1-4H,(H,8,9);;/q;-1;+1. The van der Waals surface area contributed by atoms with Crippen LogP contribution in [0.5, 0.6) is 0 Å². The number of H-pyrrole nitrogens is 1. The molecule has 2 aromatic rings. The molecular formula is C7H5ClNNaOS2. The van der Waals surface area contributed by atoms with Crippen molar-refractivity contribution in [3.8, 4) is 0 Å². The zero-order valence-corrected chi connectivity index (χ0v) is 11.3. The Morgan fingerprint density at radius 2 is 1.92 bits per heavy atom. The van der Waals surface area contributed by atoms with Crippen LogP contribution in [-0.2, 0) is 0 Å². The van der Waals surface area contributed by atoms with E-state index in [1.54, 1.807) is 11.3 Å². The van der Waals surface area contributed by atoms with Crippen LogP contribution >= 0.6 is 35.4 Å². The van der Waals surface area contributed by atoms with E-state index in [0.717, 1.165) is 9.47 Å². The molecule has 0 atom stereocenters. The molecule has 0 saturated heterocycles. The molecule has 1 N–H and O–H groups in total. The molecule has 0 aliphatic heterocycles. The van der Waals surface area contributed by atoms with Gasteiger partial charge in [-0.1, -0.05) is 12.1 Å². The van der Waals surface area contributed by atoms with Crippen LogP contribution in [0.1, 0.15) is 0 Å². The van der Waals surface area contributed by atoms with E-state index in [-0.39, 0.29) is 29.6 Å². The number of fused-ring (bicyclic) bond motifs is 1. The zero-order chi connectivity index (χ0) is 8.97. The second-order valence-electron chi connectivity index (χ2n) is 2.01. The summed E-state index contributed by atoms with van der Waals surface area (Å²) in [5, 5.41) is 0. The first kappa shape index (κ1) is 13.6. The number of para-hydroxylation sites is 1. The van der Waals surface area contributed by atoms with Gasteiger partial charge in [0.25, 0.3) is 0 Å². The normalized spacial score (nSPS) is 8.46. The number of rotatable bonds is 0. The second kappa shape index (κ2) is 6.95. The summed E-state index contributed by atoms with van der Waals surface area (Å²) in [4.78, 5) is 3.09. The number of halogens is 1. The molecule has 0 unspecified atom stereocenters. The third-order valence-corrected chi connectivity index (χ3v) is 2.54. The maximum atomic E-state index is 7.72. The molecule has 13 heavy (non-hydrogen) atoms. The molecule has 0 aliphatic rings. The summed E-state index contributed by atoms with van der Waals surface area (Å²) in [7, 11) is 0. The number of aromatic amines is 1. The monoisotopic (exact) mass is 241 g/mol. The van der Waals surface area contributed by atoms with Crippen molar-refractivity contribution in [3.05, 3.63) is 28.2 Å². The maximum absolute atomic E-state index is 7.72. The van der Waals surface area contributed by atoms with Crippen molar-refractivity contribution >= 4 is 45.6 Å². The van der Waals surface area contributed by atoms with Gasteiger partial charge in [-0.2, -0.15) is 0 Å². The molecule has 0 bridgehead atoms. The van der Waals surface area contributed by atoms with Crippen LogP contribution in [0.3, 0.4) is 0 Å². The Kier molecular flexibility index (Phi) is 7.26. The van der Waals surface area contributed by atoms with Crippen LogP contribution in [0.25, 0.3) is 10.2 Å². The minimum absolute atomic E-state index is 0. The quantitative estimate of drug-likeness (QED) is 0.497. The van der Waals surface area contributed by atoms with E-state index >= 15 is 0 Å². The topological polar surface area (TPSA) is 38.8 Å². The number of benzene rings is 1. The van der Waals surface area contributed by atoms with Crippen molar-refractivity contribution in [3.63, 3.8) is 0 Å². The van der Waals surface area contributed by atoms with Gasteiger partial charge in [-0.3, -0.25) is 0 Å². The molecule has 2 rings (SSSR count). The summed E-state index contributed by atoms with van der Waals surface area (Å²) < 4.78 is 9.80. The number of hydrogen-bond donors (Lipinski definition) is 1. The van der Waals surface area contributed by atoms with Gasteiger partial charge in [0.1, 0.15) is 0 Å². The first-order valence-corrected chi connectivity index (χ1v) is 4.63. The molecule has 0 aliphatic carbocycles. The third kappa shape index (κ3) is 3.67. The van der Waals surface area contributed by atoms with E-state index in [2.05, 4.69) is 22.9 Å². The van der Waals surface area contributed by atoms with Gasteiger partial charge in [0, 0.05) is 0 Å². The van der Waals surface area contributed by atoms with Gasteiger partial charge in [0.15, 0.2) is 3.95 Å². The molecular weight excluding hydrogens is 237 g/mol. The van der Waals surface area contributed by atoms with Crippen molar-refractivity contribution in [2.45, 2.75) is 0 Å². The van der Waals surface area contributed by atoms with E-state index < -0.39 is 0 Å². The van der Waals surface area contributed by atoms with Gasteiger partial charge < -0.3 is 9.64 Å². The average Bonchev–Trinajstić information content (AvgIpc) is 2.48. The Balaban J connectivity index is 0.000000451. The molecule has 1 heterocycles. The molecule has 64 valence electrons. The Hall–Kier alpha value is 0.580. The second-order valence-corrected chi connectivity index (χ2v) is 3.73. The Bertz CT molecular complexity index is 378. The molecule has 1 aromatic carbocycles. The minimum Gasteiger partial charge on any atom is -0.769 e. The van der Waals surface area contributed by atoms with E-state index in [0.29, 0.717) is 0 Å². The SMILES string of the molecule is S=c1[nH]c2ccccc2s1.[Na+].[O-]Cl. The van der Waals surface area contributed by atoms with Crippen molar-refractivity contribution in [1.82, 2.24) is 4.98 Å². The van der Waals surface area contributed by atoms with Crippen molar-refractivity contribution in [1.29, 1.82) is 0 Å². The first-order chi connectivity index (χ1) is 5.86.